The Morgan fingerprint density at radius 3 is 1.75 bits per heavy atom. The summed E-state index contributed by atoms with van der Waals surface area (Å²) in [5.74, 6) is -0.677. The Morgan fingerprint density at radius 2 is 1.04 bits per heavy atom. The summed E-state index contributed by atoms with van der Waals surface area (Å²) in [6.45, 7) is 0. The molecule has 0 fully saturated rings. The van der Waals surface area contributed by atoms with E-state index in [9.17, 15) is 9.59 Å². The van der Waals surface area contributed by atoms with Crippen molar-refractivity contribution in [2.45, 2.75) is 0 Å². The molecular formula is C43H27N3O2. The molecule has 0 unspecified atom stereocenters. The Morgan fingerprint density at radius 1 is 0.438 bits per heavy atom. The van der Waals surface area contributed by atoms with Gasteiger partial charge in [-0.05, 0) is 64.7 Å². The molecule has 1 aliphatic rings. The molecule has 0 N–H and O–H groups in total. The van der Waals surface area contributed by atoms with E-state index in [-0.39, 0.29) is 11.8 Å². The van der Waals surface area contributed by atoms with Gasteiger partial charge in [0, 0.05) is 34.3 Å². The molecule has 1 aliphatic heterocycles. The third kappa shape index (κ3) is 4.22. The molecule has 8 aromatic rings. The number of hydrogen-bond donors (Lipinski definition) is 0. The molecule has 2 aromatic heterocycles. The van der Waals surface area contributed by atoms with Crippen molar-refractivity contribution in [1.82, 2.24) is 9.55 Å². The standard InChI is InChI=1S/C43H27N3O2/c47-42-35-18-10-20-39(45-37-19-8-7-15-34(37)36-27-31(21-22-38(36)45)28-23-25-44-26-24-28)40(35)43(48)46(42)41-32(29-11-3-1-4-12-29)16-9-17-33(41)30-13-5-2-6-14-30/h1-27H. The molecule has 3 heterocycles. The summed E-state index contributed by atoms with van der Waals surface area (Å²) >= 11 is 0. The molecule has 0 bridgehead atoms. The minimum Gasteiger partial charge on any atom is -0.308 e. The van der Waals surface area contributed by atoms with E-state index >= 15 is 0 Å². The van der Waals surface area contributed by atoms with E-state index in [0.717, 1.165) is 55.2 Å². The minimum atomic E-state index is -0.342. The fraction of sp³-hybridized carbons (Fsp3) is 0. The van der Waals surface area contributed by atoms with Crippen LogP contribution in [0.15, 0.2) is 164 Å². The summed E-state index contributed by atoms with van der Waals surface area (Å²) in [5, 5.41) is 2.13. The van der Waals surface area contributed by atoms with Crippen LogP contribution in [-0.2, 0) is 0 Å². The zero-order chi connectivity index (χ0) is 32.2. The van der Waals surface area contributed by atoms with Crippen LogP contribution in [0, 0.1) is 0 Å². The predicted octanol–water partition coefficient (Wildman–Crippen LogP) is 9.98. The van der Waals surface area contributed by atoms with Crippen molar-refractivity contribution in [3.8, 4) is 39.1 Å². The number of fused-ring (bicyclic) bond motifs is 4. The van der Waals surface area contributed by atoms with E-state index < -0.39 is 0 Å². The van der Waals surface area contributed by atoms with E-state index in [1.807, 2.05) is 115 Å². The minimum absolute atomic E-state index is 0.335. The summed E-state index contributed by atoms with van der Waals surface area (Å²) < 4.78 is 2.12. The second-order valence-electron chi connectivity index (χ2n) is 11.9. The molecule has 0 aliphatic carbocycles. The number of pyridine rings is 1. The van der Waals surface area contributed by atoms with Gasteiger partial charge in [0.15, 0.2) is 0 Å². The van der Waals surface area contributed by atoms with Gasteiger partial charge in [0.1, 0.15) is 0 Å². The van der Waals surface area contributed by atoms with E-state index in [0.29, 0.717) is 22.5 Å². The van der Waals surface area contributed by atoms with Crippen molar-refractivity contribution in [2.75, 3.05) is 4.90 Å². The first-order valence-corrected chi connectivity index (χ1v) is 15.9. The molecule has 0 radical (unpaired) electrons. The number of carbonyl (C=O) groups excluding carboxylic acids is 2. The van der Waals surface area contributed by atoms with Crippen molar-refractivity contribution in [1.29, 1.82) is 0 Å². The first-order valence-electron chi connectivity index (χ1n) is 15.9. The van der Waals surface area contributed by atoms with Crippen LogP contribution >= 0.6 is 0 Å². The van der Waals surface area contributed by atoms with Gasteiger partial charge in [-0.25, -0.2) is 4.90 Å². The van der Waals surface area contributed by atoms with Crippen LogP contribution in [0.4, 0.5) is 5.69 Å². The number of rotatable bonds is 5. The van der Waals surface area contributed by atoms with Crippen LogP contribution in [0.5, 0.6) is 0 Å². The summed E-state index contributed by atoms with van der Waals surface area (Å²) in [6.07, 6.45) is 3.59. The summed E-state index contributed by atoms with van der Waals surface area (Å²) in [6, 6.07) is 50.0. The highest BCUT2D eigenvalue weighted by Crippen LogP contribution is 2.45. The topological polar surface area (TPSA) is 55.2 Å². The van der Waals surface area contributed by atoms with Gasteiger partial charge in [0.05, 0.1) is 33.5 Å². The van der Waals surface area contributed by atoms with E-state index in [1.54, 1.807) is 18.5 Å². The first kappa shape index (κ1) is 27.7. The summed E-state index contributed by atoms with van der Waals surface area (Å²) in [5.41, 5.74) is 9.58. The van der Waals surface area contributed by atoms with Crippen LogP contribution in [0.1, 0.15) is 20.7 Å². The number of carbonyl (C=O) groups is 2. The maximum absolute atomic E-state index is 14.9. The molecule has 9 rings (SSSR count). The quantitative estimate of drug-likeness (QED) is 0.181. The number of benzene rings is 6. The van der Waals surface area contributed by atoms with Crippen LogP contribution in [-0.4, -0.2) is 21.4 Å². The highest BCUT2D eigenvalue weighted by molar-refractivity contribution is 6.37. The van der Waals surface area contributed by atoms with Gasteiger partial charge in [-0.2, -0.15) is 0 Å². The molecule has 0 atom stereocenters. The number of para-hydroxylation sites is 2. The van der Waals surface area contributed by atoms with Crippen molar-refractivity contribution in [3.63, 3.8) is 0 Å². The number of anilines is 1. The molecule has 5 nitrogen and oxygen atoms in total. The smallest absolute Gasteiger partial charge is 0.268 e. The zero-order valence-electron chi connectivity index (χ0n) is 25.7. The second kappa shape index (κ2) is 11.0. The third-order valence-corrected chi connectivity index (χ3v) is 9.25. The zero-order valence-corrected chi connectivity index (χ0v) is 25.7. The number of imide groups is 1. The van der Waals surface area contributed by atoms with Crippen LogP contribution < -0.4 is 4.90 Å². The molecule has 0 saturated heterocycles. The molecule has 226 valence electrons. The molecule has 0 saturated carbocycles. The normalized spacial score (nSPS) is 12.6. The maximum Gasteiger partial charge on any atom is 0.268 e. The Bertz CT molecular complexity index is 2480. The lowest BCUT2D eigenvalue weighted by atomic mass is 9.95. The number of nitrogens with zero attached hydrogens (tertiary/aromatic N) is 3. The van der Waals surface area contributed by atoms with E-state index in [4.69, 9.17) is 0 Å². The lowest BCUT2D eigenvalue weighted by Crippen LogP contribution is -2.30. The summed E-state index contributed by atoms with van der Waals surface area (Å²) in [7, 11) is 0. The lowest BCUT2D eigenvalue weighted by Gasteiger charge is -2.23. The fourth-order valence-electron chi connectivity index (χ4n) is 7.10. The van der Waals surface area contributed by atoms with Crippen molar-refractivity contribution < 1.29 is 9.59 Å². The van der Waals surface area contributed by atoms with Crippen molar-refractivity contribution in [2.24, 2.45) is 0 Å². The van der Waals surface area contributed by atoms with Gasteiger partial charge in [-0.1, -0.05) is 109 Å². The van der Waals surface area contributed by atoms with Crippen LogP contribution in [0.3, 0.4) is 0 Å². The average molecular weight is 618 g/mol. The van der Waals surface area contributed by atoms with Gasteiger partial charge in [0.25, 0.3) is 11.8 Å². The molecule has 2 amide bonds. The lowest BCUT2D eigenvalue weighted by molar-refractivity contribution is 0.0926. The van der Waals surface area contributed by atoms with Crippen molar-refractivity contribution >= 4 is 39.3 Å². The van der Waals surface area contributed by atoms with Crippen molar-refractivity contribution in [3.05, 3.63) is 175 Å². The predicted molar refractivity (Wildman–Crippen MR) is 192 cm³/mol. The monoisotopic (exact) mass is 617 g/mol. The third-order valence-electron chi connectivity index (χ3n) is 9.25. The Hall–Kier alpha value is -6.59. The number of hydrogen-bond acceptors (Lipinski definition) is 3. The number of amides is 2. The average Bonchev–Trinajstić information content (AvgIpc) is 3.62. The van der Waals surface area contributed by atoms with Gasteiger partial charge in [-0.15, -0.1) is 0 Å². The first-order chi connectivity index (χ1) is 23.7. The molecular weight excluding hydrogens is 590 g/mol. The molecule has 6 aromatic carbocycles. The maximum atomic E-state index is 14.9. The van der Waals surface area contributed by atoms with Gasteiger partial charge < -0.3 is 4.57 Å². The molecule has 48 heavy (non-hydrogen) atoms. The fourth-order valence-corrected chi connectivity index (χ4v) is 7.10. The second-order valence-corrected chi connectivity index (χ2v) is 11.9. The van der Waals surface area contributed by atoms with Gasteiger partial charge in [0.2, 0.25) is 0 Å². The summed E-state index contributed by atoms with van der Waals surface area (Å²) in [4.78, 5) is 35.0. The molecule has 5 heteroatoms. The van der Waals surface area contributed by atoms with E-state index in [2.05, 4.69) is 39.9 Å². The molecule has 0 spiro atoms. The van der Waals surface area contributed by atoms with Gasteiger partial charge >= 0.3 is 0 Å². The largest absolute Gasteiger partial charge is 0.308 e. The van der Waals surface area contributed by atoms with Crippen LogP contribution in [0.25, 0.3) is 60.9 Å². The highest BCUT2D eigenvalue weighted by Gasteiger charge is 2.41. The SMILES string of the molecule is O=C1c2cccc(-n3c4ccccc4c4cc(-c5ccncc5)ccc43)c2C(=O)N1c1c(-c2ccccc2)cccc1-c1ccccc1. The van der Waals surface area contributed by atoms with E-state index in [1.165, 1.54) is 4.90 Å². The Kier molecular flexibility index (Phi) is 6.37. The Balaban J connectivity index is 1.27. The van der Waals surface area contributed by atoms with Crippen LogP contribution in [0.2, 0.25) is 0 Å². The van der Waals surface area contributed by atoms with Gasteiger partial charge in [-0.3, -0.25) is 14.6 Å². The highest BCUT2D eigenvalue weighted by atomic mass is 16.2. The number of aromatic nitrogens is 2. The Labute approximate surface area is 277 Å².